The first-order valence-corrected chi connectivity index (χ1v) is 7.78. The van der Waals surface area contributed by atoms with Gasteiger partial charge in [-0.15, -0.1) is 0 Å². The number of benzene rings is 2. The first-order chi connectivity index (χ1) is 10.7. The minimum Gasteiger partial charge on any atom is -0.369 e. The molecule has 3 rings (SSSR count). The smallest absolute Gasteiger partial charge is 0.150 e. The van der Waals surface area contributed by atoms with Gasteiger partial charge in [0.15, 0.2) is 6.29 Å². The summed E-state index contributed by atoms with van der Waals surface area (Å²) in [5.41, 5.74) is 5.26. The Morgan fingerprint density at radius 3 is 2.36 bits per heavy atom. The van der Waals surface area contributed by atoms with Crippen molar-refractivity contribution in [2.45, 2.75) is 6.92 Å². The molecule has 22 heavy (non-hydrogen) atoms. The summed E-state index contributed by atoms with van der Waals surface area (Å²) in [5, 5.41) is 0. The molecule has 3 heteroatoms. The van der Waals surface area contributed by atoms with E-state index in [0.29, 0.717) is 0 Å². The second kappa shape index (κ2) is 6.32. The number of anilines is 1. The SMILES string of the molecule is Cc1ccccc1-c1ccc(N2CCN(C)CC2)cc1C=O. The molecule has 0 aliphatic carbocycles. The van der Waals surface area contributed by atoms with E-state index in [2.05, 4.69) is 48.0 Å². The minimum atomic E-state index is 0.769. The van der Waals surface area contributed by atoms with E-state index in [1.165, 1.54) is 5.56 Å². The van der Waals surface area contributed by atoms with Crippen molar-refractivity contribution in [3.05, 3.63) is 53.6 Å². The van der Waals surface area contributed by atoms with Gasteiger partial charge in [0, 0.05) is 37.4 Å². The number of carbonyl (C=O) groups excluding carboxylic acids is 1. The highest BCUT2D eigenvalue weighted by molar-refractivity contribution is 5.90. The Morgan fingerprint density at radius 2 is 1.68 bits per heavy atom. The van der Waals surface area contributed by atoms with Crippen LogP contribution in [-0.2, 0) is 0 Å². The van der Waals surface area contributed by atoms with Gasteiger partial charge >= 0.3 is 0 Å². The molecule has 0 aromatic heterocycles. The Hall–Kier alpha value is -2.13. The monoisotopic (exact) mass is 294 g/mol. The molecule has 0 spiro atoms. The van der Waals surface area contributed by atoms with Gasteiger partial charge in [0.25, 0.3) is 0 Å². The summed E-state index contributed by atoms with van der Waals surface area (Å²) >= 11 is 0. The Morgan fingerprint density at radius 1 is 0.955 bits per heavy atom. The minimum absolute atomic E-state index is 0.769. The first kappa shape index (κ1) is 14.8. The van der Waals surface area contributed by atoms with Gasteiger partial charge in [0.1, 0.15) is 0 Å². The number of rotatable bonds is 3. The van der Waals surface area contributed by atoms with E-state index in [0.717, 1.165) is 54.8 Å². The molecule has 1 heterocycles. The standard InChI is InChI=1S/C19H22N2O/c1-15-5-3-4-6-18(15)19-8-7-17(13-16(19)14-22)21-11-9-20(2)10-12-21/h3-8,13-14H,9-12H2,1-2H3. The van der Waals surface area contributed by atoms with Crippen LogP contribution < -0.4 is 4.90 Å². The molecule has 0 N–H and O–H groups in total. The number of carbonyl (C=O) groups is 1. The van der Waals surface area contributed by atoms with Gasteiger partial charge in [-0.3, -0.25) is 4.79 Å². The second-order valence-electron chi connectivity index (χ2n) is 5.99. The lowest BCUT2D eigenvalue weighted by atomic mass is 9.96. The predicted octanol–water partition coefficient (Wildman–Crippen LogP) is 3.23. The third-order valence-corrected chi connectivity index (χ3v) is 4.47. The predicted molar refractivity (Wildman–Crippen MR) is 91.7 cm³/mol. The lowest BCUT2D eigenvalue weighted by molar-refractivity contribution is 0.112. The molecule has 1 aliphatic rings. The van der Waals surface area contributed by atoms with E-state index in [1.54, 1.807) is 0 Å². The fourth-order valence-electron chi connectivity index (χ4n) is 3.03. The third kappa shape index (κ3) is 2.90. The maximum atomic E-state index is 11.6. The highest BCUT2D eigenvalue weighted by Gasteiger charge is 2.16. The van der Waals surface area contributed by atoms with Crippen molar-refractivity contribution in [3.63, 3.8) is 0 Å². The largest absolute Gasteiger partial charge is 0.369 e. The summed E-state index contributed by atoms with van der Waals surface area (Å²) in [6, 6.07) is 14.5. The van der Waals surface area contributed by atoms with E-state index in [9.17, 15) is 4.79 Å². The lowest BCUT2D eigenvalue weighted by Gasteiger charge is -2.34. The van der Waals surface area contributed by atoms with Crippen LogP contribution in [-0.4, -0.2) is 44.4 Å². The maximum Gasteiger partial charge on any atom is 0.150 e. The van der Waals surface area contributed by atoms with E-state index < -0.39 is 0 Å². The zero-order chi connectivity index (χ0) is 15.5. The topological polar surface area (TPSA) is 23.6 Å². The molecule has 1 saturated heterocycles. The van der Waals surface area contributed by atoms with Crippen LogP contribution in [0.2, 0.25) is 0 Å². The van der Waals surface area contributed by atoms with Crippen molar-refractivity contribution in [2.24, 2.45) is 0 Å². The molecular formula is C19H22N2O. The van der Waals surface area contributed by atoms with Crippen LogP contribution in [0, 0.1) is 6.92 Å². The number of piperazine rings is 1. The van der Waals surface area contributed by atoms with Crippen molar-refractivity contribution in [2.75, 3.05) is 38.1 Å². The second-order valence-corrected chi connectivity index (χ2v) is 5.99. The molecule has 0 atom stereocenters. The summed E-state index contributed by atoms with van der Waals surface area (Å²) < 4.78 is 0. The van der Waals surface area contributed by atoms with E-state index >= 15 is 0 Å². The van der Waals surface area contributed by atoms with Gasteiger partial charge < -0.3 is 9.80 Å². The highest BCUT2D eigenvalue weighted by atomic mass is 16.1. The van der Waals surface area contributed by atoms with Gasteiger partial charge in [0.2, 0.25) is 0 Å². The van der Waals surface area contributed by atoms with Gasteiger partial charge in [-0.05, 0) is 42.8 Å². The molecule has 0 saturated carbocycles. The van der Waals surface area contributed by atoms with Crippen LogP contribution >= 0.6 is 0 Å². The summed E-state index contributed by atoms with van der Waals surface area (Å²) in [6.07, 6.45) is 0.974. The van der Waals surface area contributed by atoms with Crippen LogP contribution in [0.4, 0.5) is 5.69 Å². The van der Waals surface area contributed by atoms with Crippen LogP contribution in [0.3, 0.4) is 0 Å². The zero-order valence-corrected chi connectivity index (χ0v) is 13.2. The number of nitrogens with zero attached hydrogens (tertiary/aromatic N) is 2. The number of aldehydes is 1. The molecular weight excluding hydrogens is 272 g/mol. The molecule has 0 bridgehead atoms. The zero-order valence-electron chi connectivity index (χ0n) is 13.2. The van der Waals surface area contributed by atoms with E-state index in [4.69, 9.17) is 0 Å². The van der Waals surface area contributed by atoms with Crippen LogP contribution in [0.25, 0.3) is 11.1 Å². The van der Waals surface area contributed by atoms with Gasteiger partial charge in [0.05, 0.1) is 0 Å². The Labute approximate surface area is 132 Å². The molecule has 1 fully saturated rings. The number of likely N-dealkylation sites (N-methyl/N-ethyl adjacent to an activating group) is 1. The quantitative estimate of drug-likeness (QED) is 0.812. The van der Waals surface area contributed by atoms with Crippen LogP contribution in [0.5, 0.6) is 0 Å². The Bertz CT molecular complexity index is 673. The lowest BCUT2D eigenvalue weighted by Crippen LogP contribution is -2.44. The third-order valence-electron chi connectivity index (χ3n) is 4.47. The van der Waals surface area contributed by atoms with Crippen molar-refractivity contribution < 1.29 is 4.79 Å². The molecule has 0 unspecified atom stereocenters. The highest BCUT2D eigenvalue weighted by Crippen LogP contribution is 2.29. The van der Waals surface area contributed by atoms with Gasteiger partial charge in [-0.2, -0.15) is 0 Å². The van der Waals surface area contributed by atoms with Crippen molar-refractivity contribution in [1.82, 2.24) is 4.90 Å². The van der Waals surface area contributed by atoms with Crippen LogP contribution in [0.15, 0.2) is 42.5 Å². The molecule has 0 amide bonds. The number of aryl methyl sites for hydroxylation is 1. The summed E-state index contributed by atoms with van der Waals surface area (Å²) in [5.74, 6) is 0. The first-order valence-electron chi connectivity index (χ1n) is 7.78. The van der Waals surface area contributed by atoms with Crippen LogP contribution in [0.1, 0.15) is 15.9 Å². The molecule has 2 aromatic carbocycles. The molecule has 2 aromatic rings. The fraction of sp³-hybridized carbons (Fsp3) is 0.316. The number of hydrogen-bond donors (Lipinski definition) is 0. The average Bonchev–Trinajstić information content (AvgIpc) is 2.55. The van der Waals surface area contributed by atoms with Crippen molar-refractivity contribution in [1.29, 1.82) is 0 Å². The average molecular weight is 294 g/mol. The van der Waals surface area contributed by atoms with Crippen molar-refractivity contribution >= 4 is 12.0 Å². The molecule has 0 radical (unpaired) electrons. The summed E-state index contributed by atoms with van der Waals surface area (Å²) in [7, 11) is 2.15. The maximum absolute atomic E-state index is 11.6. The Kier molecular flexibility index (Phi) is 4.25. The van der Waals surface area contributed by atoms with E-state index in [-0.39, 0.29) is 0 Å². The normalized spacial score (nSPS) is 15.8. The summed E-state index contributed by atoms with van der Waals surface area (Å²) in [6.45, 7) is 6.24. The van der Waals surface area contributed by atoms with Gasteiger partial charge in [-0.25, -0.2) is 0 Å². The molecule has 1 aliphatic heterocycles. The Balaban J connectivity index is 1.95. The number of hydrogen-bond acceptors (Lipinski definition) is 3. The molecule has 114 valence electrons. The van der Waals surface area contributed by atoms with Crippen molar-refractivity contribution in [3.8, 4) is 11.1 Å². The summed E-state index contributed by atoms with van der Waals surface area (Å²) in [4.78, 5) is 16.3. The van der Waals surface area contributed by atoms with Gasteiger partial charge in [-0.1, -0.05) is 30.3 Å². The van der Waals surface area contributed by atoms with E-state index in [1.807, 2.05) is 18.2 Å². The fourth-order valence-corrected chi connectivity index (χ4v) is 3.03. The molecule has 3 nitrogen and oxygen atoms in total.